The number of carbonyl (C=O) groups excluding carboxylic acids is 1. The van der Waals surface area contributed by atoms with Gasteiger partial charge in [-0.2, -0.15) is 0 Å². The van der Waals surface area contributed by atoms with Gasteiger partial charge in [0.05, 0.1) is 22.6 Å². The lowest BCUT2D eigenvalue weighted by atomic mass is 10.1. The number of thiophene rings is 1. The minimum atomic E-state index is -0.158. The predicted molar refractivity (Wildman–Crippen MR) is 92.7 cm³/mol. The fraction of sp³-hybridized carbons (Fsp3) is 0.0556. The fourth-order valence-electron chi connectivity index (χ4n) is 2.47. The molecule has 0 aliphatic carbocycles. The van der Waals surface area contributed by atoms with Crippen LogP contribution < -0.4 is 5.32 Å². The van der Waals surface area contributed by atoms with Gasteiger partial charge in [0.15, 0.2) is 0 Å². The highest BCUT2D eigenvalue weighted by Gasteiger charge is 2.12. The number of pyridine rings is 1. The van der Waals surface area contributed by atoms with E-state index in [2.05, 4.69) is 15.3 Å². The second kappa shape index (κ2) is 6.25. The van der Waals surface area contributed by atoms with Crippen molar-refractivity contribution in [3.05, 3.63) is 71.6 Å². The number of nitrogens with zero attached hydrogens (tertiary/aromatic N) is 2. The summed E-state index contributed by atoms with van der Waals surface area (Å²) in [4.78, 5) is 22.1. The lowest BCUT2D eigenvalue weighted by molar-refractivity contribution is 0.0952. The third-order valence-electron chi connectivity index (χ3n) is 3.60. The Morgan fingerprint density at radius 2 is 2.12 bits per heavy atom. The highest BCUT2D eigenvalue weighted by Crippen LogP contribution is 2.23. The van der Waals surface area contributed by atoms with E-state index in [1.54, 1.807) is 29.9 Å². The summed E-state index contributed by atoms with van der Waals surface area (Å²) in [6.45, 7) is 0.310. The second-order valence-corrected chi connectivity index (χ2v) is 6.13. The first-order chi connectivity index (χ1) is 11.8. The smallest absolute Gasteiger partial charge is 0.252 e. The Morgan fingerprint density at radius 1 is 1.17 bits per heavy atom. The minimum Gasteiger partial charge on any atom is -0.443 e. The highest BCUT2D eigenvalue weighted by molar-refractivity contribution is 7.13. The highest BCUT2D eigenvalue weighted by atomic mass is 32.1. The summed E-state index contributed by atoms with van der Waals surface area (Å²) in [5, 5.41) is 5.68. The molecule has 0 fully saturated rings. The molecule has 0 bridgehead atoms. The third-order valence-corrected chi connectivity index (χ3v) is 4.46. The van der Waals surface area contributed by atoms with Gasteiger partial charge < -0.3 is 9.73 Å². The molecule has 1 aromatic carbocycles. The summed E-state index contributed by atoms with van der Waals surface area (Å²) < 4.78 is 5.46. The minimum absolute atomic E-state index is 0.158. The molecular formula is C18H13N3O2S. The van der Waals surface area contributed by atoms with Gasteiger partial charge in [0.25, 0.3) is 5.91 Å². The summed E-state index contributed by atoms with van der Waals surface area (Å²) in [6, 6.07) is 13.1. The van der Waals surface area contributed by atoms with E-state index < -0.39 is 0 Å². The topological polar surface area (TPSA) is 68.0 Å². The molecule has 1 N–H and O–H groups in total. The molecule has 4 aromatic rings. The Morgan fingerprint density at radius 3 is 3.00 bits per heavy atom. The zero-order valence-electron chi connectivity index (χ0n) is 12.6. The molecule has 3 aromatic heterocycles. The Hall–Kier alpha value is -2.99. The molecule has 118 valence electrons. The Balaban J connectivity index is 1.50. The van der Waals surface area contributed by atoms with Crippen molar-refractivity contribution in [2.75, 3.05) is 0 Å². The van der Waals surface area contributed by atoms with E-state index in [1.165, 1.54) is 0 Å². The Kier molecular flexibility index (Phi) is 3.80. The summed E-state index contributed by atoms with van der Waals surface area (Å²) in [7, 11) is 0. The van der Waals surface area contributed by atoms with Crippen molar-refractivity contribution in [3.8, 4) is 10.8 Å². The Labute approximate surface area is 142 Å². The van der Waals surface area contributed by atoms with Crippen molar-refractivity contribution < 1.29 is 9.21 Å². The number of aromatic nitrogens is 2. The molecule has 0 unspecified atom stereocenters. The SMILES string of the molecule is O=C(NCc1coc(-c2cccs2)n1)c1cccc2ncccc12. The summed E-state index contributed by atoms with van der Waals surface area (Å²) >= 11 is 1.56. The number of benzene rings is 1. The molecule has 1 amide bonds. The monoisotopic (exact) mass is 335 g/mol. The van der Waals surface area contributed by atoms with Crippen LogP contribution in [-0.2, 0) is 6.54 Å². The third kappa shape index (κ3) is 2.79. The molecule has 0 spiro atoms. The van der Waals surface area contributed by atoms with Crippen LogP contribution in [0, 0.1) is 0 Å². The number of fused-ring (bicyclic) bond motifs is 1. The van der Waals surface area contributed by atoms with Gasteiger partial charge in [-0.3, -0.25) is 9.78 Å². The molecule has 24 heavy (non-hydrogen) atoms. The molecule has 5 nitrogen and oxygen atoms in total. The second-order valence-electron chi connectivity index (χ2n) is 5.18. The van der Waals surface area contributed by atoms with E-state index in [4.69, 9.17) is 4.42 Å². The molecule has 0 atom stereocenters. The summed E-state index contributed by atoms with van der Waals surface area (Å²) in [5.41, 5.74) is 2.08. The average Bonchev–Trinajstić information content (AvgIpc) is 3.30. The zero-order chi connectivity index (χ0) is 16.4. The molecule has 0 saturated carbocycles. The van der Waals surface area contributed by atoms with Crippen LogP contribution in [0.1, 0.15) is 16.1 Å². The quantitative estimate of drug-likeness (QED) is 0.614. The van der Waals surface area contributed by atoms with Crippen LogP contribution in [0.4, 0.5) is 0 Å². The standard InChI is InChI=1S/C18H13N3O2S/c22-17(14-4-1-6-15-13(14)5-2-8-19-15)20-10-12-11-23-18(21-12)16-7-3-9-24-16/h1-9,11H,10H2,(H,20,22). The van der Waals surface area contributed by atoms with Crippen LogP contribution in [-0.4, -0.2) is 15.9 Å². The van der Waals surface area contributed by atoms with Gasteiger partial charge in [0.2, 0.25) is 5.89 Å². The van der Waals surface area contributed by atoms with Crippen LogP contribution in [0.25, 0.3) is 21.7 Å². The van der Waals surface area contributed by atoms with E-state index in [0.29, 0.717) is 23.7 Å². The van der Waals surface area contributed by atoms with Crippen molar-refractivity contribution in [1.29, 1.82) is 0 Å². The van der Waals surface area contributed by atoms with Gasteiger partial charge in [0, 0.05) is 17.1 Å². The molecular weight excluding hydrogens is 322 g/mol. The van der Waals surface area contributed by atoms with Gasteiger partial charge in [-0.15, -0.1) is 11.3 Å². The van der Waals surface area contributed by atoms with E-state index in [0.717, 1.165) is 15.8 Å². The lowest BCUT2D eigenvalue weighted by Crippen LogP contribution is -2.23. The molecule has 0 aliphatic rings. The van der Waals surface area contributed by atoms with Gasteiger partial charge in [-0.05, 0) is 29.6 Å². The van der Waals surface area contributed by atoms with Crippen LogP contribution in [0.2, 0.25) is 0 Å². The molecule has 0 radical (unpaired) electrons. The van der Waals surface area contributed by atoms with Gasteiger partial charge in [-0.1, -0.05) is 18.2 Å². The number of nitrogens with one attached hydrogen (secondary N) is 1. The maximum absolute atomic E-state index is 12.5. The predicted octanol–water partition coefficient (Wildman–Crippen LogP) is 3.88. The van der Waals surface area contributed by atoms with E-state index in [9.17, 15) is 4.79 Å². The maximum Gasteiger partial charge on any atom is 0.252 e. The van der Waals surface area contributed by atoms with E-state index >= 15 is 0 Å². The first-order valence-electron chi connectivity index (χ1n) is 7.41. The number of oxazole rings is 1. The van der Waals surface area contributed by atoms with Crippen molar-refractivity contribution in [3.63, 3.8) is 0 Å². The van der Waals surface area contributed by atoms with Gasteiger partial charge >= 0.3 is 0 Å². The number of carbonyl (C=O) groups is 1. The van der Waals surface area contributed by atoms with Crippen LogP contribution in [0.3, 0.4) is 0 Å². The number of hydrogen-bond donors (Lipinski definition) is 1. The maximum atomic E-state index is 12.5. The van der Waals surface area contributed by atoms with Crippen LogP contribution >= 0.6 is 11.3 Å². The number of rotatable bonds is 4. The molecule has 4 rings (SSSR count). The van der Waals surface area contributed by atoms with Gasteiger partial charge in [-0.25, -0.2) is 4.98 Å². The van der Waals surface area contributed by atoms with E-state index in [-0.39, 0.29) is 5.91 Å². The van der Waals surface area contributed by atoms with Gasteiger partial charge in [0.1, 0.15) is 6.26 Å². The summed E-state index contributed by atoms with van der Waals surface area (Å²) in [6.07, 6.45) is 3.28. The van der Waals surface area contributed by atoms with Crippen LogP contribution in [0.15, 0.2) is 64.7 Å². The molecule has 6 heteroatoms. The van der Waals surface area contributed by atoms with Crippen molar-refractivity contribution in [2.45, 2.75) is 6.54 Å². The van der Waals surface area contributed by atoms with Crippen molar-refractivity contribution >= 4 is 28.1 Å². The number of amides is 1. The van der Waals surface area contributed by atoms with E-state index in [1.807, 2.05) is 41.8 Å². The lowest BCUT2D eigenvalue weighted by Gasteiger charge is -2.06. The first-order valence-corrected chi connectivity index (χ1v) is 8.29. The molecule has 0 aliphatic heterocycles. The van der Waals surface area contributed by atoms with Crippen LogP contribution in [0.5, 0.6) is 0 Å². The average molecular weight is 335 g/mol. The molecule has 3 heterocycles. The zero-order valence-corrected chi connectivity index (χ0v) is 13.4. The number of hydrogen-bond acceptors (Lipinski definition) is 5. The van der Waals surface area contributed by atoms with Crippen molar-refractivity contribution in [2.24, 2.45) is 0 Å². The molecule has 0 saturated heterocycles. The summed E-state index contributed by atoms with van der Waals surface area (Å²) in [5.74, 6) is 0.415. The first kappa shape index (κ1) is 14.6. The fourth-order valence-corrected chi connectivity index (χ4v) is 3.12. The van der Waals surface area contributed by atoms with Crippen molar-refractivity contribution in [1.82, 2.24) is 15.3 Å². The largest absolute Gasteiger partial charge is 0.443 e. The Bertz CT molecular complexity index is 987. The normalized spacial score (nSPS) is 10.8.